The molecule has 0 saturated heterocycles. The molecule has 0 fully saturated rings. The van der Waals surface area contributed by atoms with Crippen LogP contribution in [0, 0.1) is 27.7 Å². The first-order valence-electron chi connectivity index (χ1n) is 9.09. The standard InChI is InChI=1S/C22H25N3OS/c1-13-5-8-19(16(4)11-13)24-22(27)23-10-9-17-12-18-14(2)6-7-15(3)20(18)25-21(17)26/h5-8,11-12H,9-10H2,1-4H3,(H,25,26)(H2,23,24,27). The summed E-state index contributed by atoms with van der Waals surface area (Å²) in [7, 11) is 0. The molecule has 0 aliphatic carbocycles. The van der Waals surface area contributed by atoms with Crippen molar-refractivity contribution in [2.45, 2.75) is 34.1 Å². The Morgan fingerprint density at radius 3 is 2.48 bits per heavy atom. The minimum Gasteiger partial charge on any atom is -0.362 e. The first-order chi connectivity index (χ1) is 12.8. The van der Waals surface area contributed by atoms with Gasteiger partial charge in [0, 0.05) is 23.2 Å². The number of anilines is 1. The van der Waals surface area contributed by atoms with Gasteiger partial charge in [0.1, 0.15) is 0 Å². The fraction of sp³-hybridized carbons (Fsp3) is 0.273. The van der Waals surface area contributed by atoms with Gasteiger partial charge in [-0.2, -0.15) is 0 Å². The summed E-state index contributed by atoms with van der Waals surface area (Å²) in [6, 6.07) is 12.3. The Kier molecular flexibility index (Phi) is 5.61. The zero-order chi connectivity index (χ0) is 19.6. The zero-order valence-electron chi connectivity index (χ0n) is 16.2. The molecule has 0 saturated carbocycles. The van der Waals surface area contributed by atoms with E-state index in [-0.39, 0.29) is 5.56 Å². The molecule has 1 aromatic heterocycles. The lowest BCUT2D eigenvalue weighted by molar-refractivity contribution is 0.863. The molecule has 0 aliphatic heterocycles. The summed E-state index contributed by atoms with van der Waals surface area (Å²) in [6.07, 6.45) is 0.605. The highest BCUT2D eigenvalue weighted by Crippen LogP contribution is 2.20. The highest BCUT2D eigenvalue weighted by atomic mass is 32.1. The quantitative estimate of drug-likeness (QED) is 0.592. The van der Waals surface area contributed by atoms with Crippen molar-refractivity contribution in [2.24, 2.45) is 0 Å². The molecule has 27 heavy (non-hydrogen) atoms. The number of hydrogen-bond acceptors (Lipinski definition) is 2. The molecule has 3 rings (SSSR count). The number of rotatable bonds is 4. The van der Waals surface area contributed by atoms with Crippen molar-refractivity contribution in [1.29, 1.82) is 0 Å². The molecular weight excluding hydrogens is 354 g/mol. The molecule has 0 spiro atoms. The van der Waals surface area contributed by atoms with Crippen molar-refractivity contribution in [3.63, 3.8) is 0 Å². The van der Waals surface area contributed by atoms with Gasteiger partial charge in [-0.3, -0.25) is 4.79 Å². The third-order valence-corrected chi connectivity index (χ3v) is 5.08. The van der Waals surface area contributed by atoms with E-state index in [4.69, 9.17) is 12.2 Å². The van der Waals surface area contributed by atoms with Crippen LogP contribution in [0.15, 0.2) is 41.2 Å². The fourth-order valence-electron chi connectivity index (χ4n) is 3.23. The summed E-state index contributed by atoms with van der Waals surface area (Å²) in [6.45, 7) is 8.78. The van der Waals surface area contributed by atoms with Crippen LogP contribution in [0.5, 0.6) is 0 Å². The van der Waals surface area contributed by atoms with Crippen LogP contribution in [0.4, 0.5) is 5.69 Å². The number of hydrogen-bond donors (Lipinski definition) is 3. The second-order valence-electron chi connectivity index (χ2n) is 7.06. The number of nitrogens with one attached hydrogen (secondary N) is 3. The van der Waals surface area contributed by atoms with Gasteiger partial charge in [-0.1, -0.05) is 29.8 Å². The van der Waals surface area contributed by atoms with Gasteiger partial charge in [0.25, 0.3) is 5.56 Å². The third kappa shape index (κ3) is 4.37. The molecule has 0 aliphatic rings. The number of H-pyrrole nitrogens is 1. The predicted molar refractivity (Wildman–Crippen MR) is 118 cm³/mol. The van der Waals surface area contributed by atoms with Crippen LogP contribution in [0.3, 0.4) is 0 Å². The number of thiocarbonyl (C=S) groups is 1. The molecule has 1 heterocycles. The highest BCUT2D eigenvalue weighted by Gasteiger charge is 2.07. The normalized spacial score (nSPS) is 10.8. The molecule has 3 N–H and O–H groups in total. The van der Waals surface area contributed by atoms with Crippen molar-refractivity contribution in [2.75, 3.05) is 11.9 Å². The van der Waals surface area contributed by atoms with Gasteiger partial charge in [0.05, 0.1) is 5.52 Å². The molecular formula is C22H25N3OS. The minimum absolute atomic E-state index is 0.0359. The molecule has 5 heteroatoms. The Balaban J connectivity index is 1.66. The van der Waals surface area contributed by atoms with Crippen molar-refractivity contribution in [3.05, 3.63) is 74.6 Å². The van der Waals surface area contributed by atoms with E-state index < -0.39 is 0 Å². The maximum Gasteiger partial charge on any atom is 0.251 e. The summed E-state index contributed by atoms with van der Waals surface area (Å²) >= 11 is 5.38. The van der Waals surface area contributed by atoms with E-state index in [1.54, 1.807) is 0 Å². The first kappa shape index (κ1) is 19.1. The van der Waals surface area contributed by atoms with E-state index in [1.165, 1.54) is 5.56 Å². The number of pyridine rings is 1. The first-order valence-corrected chi connectivity index (χ1v) is 9.50. The van der Waals surface area contributed by atoms with E-state index >= 15 is 0 Å². The number of aromatic nitrogens is 1. The van der Waals surface area contributed by atoms with Crippen molar-refractivity contribution in [3.8, 4) is 0 Å². The lowest BCUT2D eigenvalue weighted by atomic mass is 10.0. The Hall–Kier alpha value is -2.66. The Morgan fingerprint density at radius 1 is 1.00 bits per heavy atom. The lowest BCUT2D eigenvalue weighted by Gasteiger charge is -2.13. The van der Waals surface area contributed by atoms with Gasteiger partial charge >= 0.3 is 0 Å². The largest absolute Gasteiger partial charge is 0.362 e. The van der Waals surface area contributed by atoms with E-state index in [9.17, 15) is 4.79 Å². The van der Waals surface area contributed by atoms with E-state index in [0.29, 0.717) is 18.1 Å². The lowest BCUT2D eigenvalue weighted by Crippen LogP contribution is -2.31. The number of benzene rings is 2. The molecule has 140 valence electrons. The van der Waals surface area contributed by atoms with Gasteiger partial charge in [-0.25, -0.2) is 0 Å². The van der Waals surface area contributed by atoms with Crippen molar-refractivity contribution < 1.29 is 0 Å². The summed E-state index contributed by atoms with van der Waals surface area (Å²) in [4.78, 5) is 15.4. The number of fused-ring (bicyclic) bond motifs is 1. The Morgan fingerprint density at radius 2 is 1.74 bits per heavy atom. The van der Waals surface area contributed by atoms with Crippen molar-refractivity contribution in [1.82, 2.24) is 10.3 Å². The van der Waals surface area contributed by atoms with Gasteiger partial charge < -0.3 is 15.6 Å². The molecule has 0 bridgehead atoms. The van der Waals surface area contributed by atoms with Crippen molar-refractivity contribution >= 4 is 33.9 Å². The molecule has 0 amide bonds. The number of aryl methyl sites for hydroxylation is 4. The monoisotopic (exact) mass is 379 g/mol. The minimum atomic E-state index is -0.0359. The molecule has 4 nitrogen and oxygen atoms in total. The summed E-state index contributed by atoms with van der Waals surface area (Å²) in [5.41, 5.74) is 7.25. The van der Waals surface area contributed by atoms with Crippen LogP contribution in [0.2, 0.25) is 0 Å². The van der Waals surface area contributed by atoms with Gasteiger partial charge in [-0.15, -0.1) is 0 Å². The average Bonchev–Trinajstić information content (AvgIpc) is 2.62. The maximum absolute atomic E-state index is 12.4. The topological polar surface area (TPSA) is 56.9 Å². The summed E-state index contributed by atoms with van der Waals surface area (Å²) in [5, 5.41) is 8.07. The molecule has 2 aromatic carbocycles. The van der Waals surface area contributed by atoms with Gasteiger partial charge in [0.2, 0.25) is 0 Å². The van der Waals surface area contributed by atoms with E-state index in [1.807, 2.05) is 25.1 Å². The smallest absolute Gasteiger partial charge is 0.251 e. The summed E-state index contributed by atoms with van der Waals surface area (Å²) in [5.74, 6) is 0. The zero-order valence-corrected chi connectivity index (χ0v) is 17.0. The van der Waals surface area contributed by atoms with E-state index in [0.717, 1.165) is 38.8 Å². The van der Waals surface area contributed by atoms with Gasteiger partial charge in [-0.05, 0) is 75.2 Å². The Bertz CT molecular complexity index is 1070. The van der Waals surface area contributed by atoms with Gasteiger partial charge in [0.15, 0.2) is 5.11 Å². The van der Waals surface area contributed by atoms with Crippen LogP contribution in [0.1, 0.15) is 27.8 Å². The molecule has 0 radical (unpaired) electrons. The molecule has 0 atom stereocenters. The van der Waals surface area contributed by atoms with Crippen LogP contribution in [-0.2, 0) is 6.42 Å². The van der Waals surface area contributed by atoms with Crippen LogP contribution < -0.4 is 16.2 Å². The van der Waals surface area contributed by atoms with E-state index in [2.05, 4.69) is 54.6 Å². The second-order valence-corrected chi connectivity index (χ2v) is 7.47. The molecule has 3 aromatic rings. The van der Waals surface area contributed by atoms with Crippen LogP contribution in [0.25, 0.3) is 10.9 Å². The molecule has 0 unspecified atom stereocenters. The number of aromatic amines is 1. The fourth-order valence-corrected chi connectivity index (χ4v) is 3.45. The maximum atomic E-state index is 12.4. The second kappa shape index (κ2) is 7.92. The average molecular weight is 380 g/mol. The highest BCUT2D eigenvalue weighted by molar-refractivity contribution is 7.80. The summed E-state index contributed by atoms with van der Waals surface area (Å²) < 4.78 is 0. The third-order valence-electron chi connectivity index (χ3n) is 4.83. The Labute approximate surface area is 165 Å². The predicted octanol–water partition coefficient (Wildman–Crippen LogP) is 4.29. The SMILES string of the molecule is Cc1ccc(NC(=S)NCCc2cc3c(C)ccc(C)c3[nH]c2=O)c(C)c1. The van der Waals surface area contributed by atoms with Crippen LogP contribution in [-0.4, -0.2) is 16.6 Å². The van der Waals surface area contributed by atoms with Crippen LogP contribution >= 0.6 is 12.2 Å².